The minimum atomic E-state index is -1.27. The molecule has 0 heterocycles. The zero-order valence-electron chi connectivity index (χ0n) is 10.4. The predicted molar refractivity (Wildman–Crippen MR) is 77.1 cm³/mol. The Morgan fingerprint density at radius 2 is 1.86 bits per heavy atom. The number of carbonyl (C=O) groups is 2. The van der Waals surface area contributed by atoms with Crippen LogP contribution < -0.4 is 5.32 Å². The van der Waals surface area contributed by atoms with Gasteiger partial charge in [0.2, 0.25) is 0 Å². The molecule has 0 atom stereocenters. The maximum absolute atomic E-state index is 13.7. The molecule has 0 saturated heterocycles. The zero-order valence-corrected chi connectivity index (χ0v) is 12.0. The summed E-state index contributed by atoms with van der Waals surface area (Å²) in [5.41, 5.74) is -0.427. The average Bonchev–Trinajstić information content (AvgIpc) is 2.40. The Balaban J connectivity index is 2.25. The van der Waals surface area contributed by atoms with Gasteiger partial charge in [0.05, 0.1) is 16.8 Å². The van der Waals surface area contributed by atoms with Crippen LogP contribution in [0, 0.1) is 5.82 Å². The fourth-order valence-corrected chi connectivity index (χ4v) is 1.98. The molecule has 3 N–H and O–H groups in total. The molecule has 0 fully saturated rings. The Labute approximate surface area is 127 Å². The molecule has 21 heavy (non-hydrogen) atoms. The van der Waals surface area contributed by atoms with E-state index < -0.39 is 17.7 Å². The highest BCUT2D eigenvalue weighted by atomic mass is 79.9. The number of phenolic OH excluding ortho intramolecular Hbond substituents is 1. The van der Waals surface area contributed by atoms with Gasteiger partial charge in [-0.05, 0) is 36.4 Å². The first kappa shape index (κ1) is 15.0. The van der Waals surface area contributed by atoms with Crippen LogP contribution in [0.5, 0.6) is 5.75 Å². The van der Waals surface area contributed by atoms with Gasteiger partial charge in [0.15, 0.2) is 0 Å². The third-order valence-corrected chi connectivity index (χ3v) is 3.16. The lowest BCUT2D eigenvalue weighted by Gasteiger charge is -2.08. The number of hydrogen-bond acceptors (Lipinski definition) is 3. The van der Waals surface area contributed by atoms with Gasteiger partial charge < -0.3 is 15.5 Å². The summed E-state index contributed by atoms with van der Waals surface area (Å²) >= 11 is 3.14. The molecule has 0 aliphatic rings. The average molecular weight is 354 g/mol. The number of carboxylic acid groups (broad SMARTS) is 1. The van der Waals surface area contributed by atoms with Crippen molar-refractivity contribution in [3.05, 3.63) is 57.8 Å². The van der Waals surface area contributed by atoms with Gasteiger partial charge in [0.25, 0.3) is 5.91 Å². The molecule has 0 radical (unpaired) electrons. The smallest absolute Gasteiger partial charge is 0.335 e. The van der Waals surface area contributed by atoms with Crippen molar-refractivity contribution < 1.29 is 24.2 Å². The Bertz CT molecular complexity index is 733. The van der Waals surface area contributed by atoms with E-state index in [2.05, 4.69) is 21.2 Å². The molecule has 2 rings (SSSR count). The predicted octanol–water partition coefficient (Wildman–Crippen LogP) is 3.24. The molecule has 0 aromatic heterocycles. The number of halogens is 2. The molecule has 0 saturated carbocycles. The van der Waals surface area contributed by atoms with Gasteiger partial charge in [-0.15, -0.1) is 0 Å². The van der Waals surface area contributed by atoms with Gasteiger partial charge >= 0.3 is 5.97 Å². The van der Waals surface area contributed by atoms with Gasteiger partial charge in [-0.3, -0.25) is 4.79 Å². The molecule has 7 heteroatoms. The molecular formula is C14H9BrFNO4. The summed E-state index contributed by atoms with van der Waals surface area (Å²) in [6, 6.07) is 7.38. The zero-order chi connectivity index (χ0) is 15.6. The number of rotatable bonds is 3. The second-order valence-corrected chi connectivity index (χ2v) is 5.03. The van der Waals surface area contributed by atoms with E-state index in [1.807, 2.05) is 0 Å². The molecular weight excluding hydrogens is 345 g/mol. The monoisotopic (exact) mass is 353 g/mol. The number of carboxylic acids is 1. The molecule has 0 aliphatic carbocycles. The number of aromatic hydroxyl groups is 1. The largest absolute Gasteiger partial charge is 0.507 e. The summed E-state index contributed by atoms with van der Waals surface area (Å²) < 4.78 is 14.3. The van der Waals surface area contributed by atoms with E-state index in [-0.39, 0.29) is 22.6 Å². The molecule has 0 bridgehead atoms. The van der Waals surface area contributed by atoms with E-state index in [1.165, 1.54) is 18.2 Å². The SMILES string of the molecule is O=C(O)c1ccc(NC(=O)c2ccc(Br)cc2O)c(F)c1. The highest BCUT2D eigenvalue weighted by Crippen LogP contribution is 2.24. The molecule has 108 valence electrons. The highest BCUT2D eigenvalue weighted by molar-refractivity contribution is 9.10. The van der Waals surface area contributed by atoms with Crippen molar-refractivity contribution in [2.75, 3.05) is 5.32 Å². The van der Waals surface area contributed by atoms with Gasteiger partial charge in [-0.25, -0.2) is 9.18 Å². The number of carbonyl (C=O) groups excluding carboxylic acids is 1. The van der Waals surface area contributed by atoms with E-state index in [9.17, 15) is 19.1 Å². The van der Waals surface area contributed by atoms with Crippen LogP contribution in [0.25, 0.3) is 0 Å². The molecule has 2 aromatic carbocycles. The molecule has 0 aliphatic heterocycles. The topological polar surface area (TPSA) is 86.6 Å². The Morgan fingerprint density at radius 1 is 1.14 bits per heavy atom. The first-order valence-electron chi connectivity index (χ1n) is 5.71. The molecule has 2 aromatic rings. The minimum absolute atomic E-state index is 0.0279. The van der Waals surface area contributed by atoms with Crippen molar-refractivity contribution in [2.45, 2.75) is 0 Å². The highest BCUT2D eigenvalue weighted by Gasteiger charge is 2.15. The van der Waals surface area contributed by atoms with Crippen LogP contribution in [-0.4, -0.2) is 22.1 Å². The molecule has 0 unspecified atom stereocenters. The Morgan fingerprint density at radius 3 is 2.43 bits per heavy atom. The number of phenols is 1. The van der Waals surface area contributed by atoms with E-state index in [1.54, 1.807) is 6.07 Å². The van der Waals surface area contributed by atoms with Crippen molar-refractivity contribution in [1.29, 1.82) is 0 Å². The Hall–Kier alpha value is -2.41. The van der Waals surface area contributed by atoms with Gasteiger partial charge in [0.1, 0.15) is 11.6 Å². The summed E-state index contributed by atoms with van der Waals surface area (Å²) in [6.45, 7) is 0. The summed E-state index contributed by atoms with van der Waals surface area (Å²) in [4.78, 5) is 22.6. The minimum Gasteiger partial charge on any atom is -0.507 e. The van der Waals surface area contributed by atoms with E-state index >= 15 is 0 Å². The van der Waals surface area contributed by atoms with Crippen LogP contribution in [0.3, 0.4) is 0 Å². The normalized spacial score (nSPS) is 10.2. The van der Waals surface area contributed by atoms with Crippen LogP contribution in [0.15, 0.2) is 40.9 Å². The van der Waals surface area contributed by atoms with Crippen molar-refractivity contribution in [2.24, 2.45) is 0 Å². The quantitative estimate of drug-likeness (QED) is 0.790. The molecule has 5 nitrogen and oxygen atoms in total. The van der Waals surface area contributed by atoms with E-state index in [4.69, 9.17) is 5.11 Å². The van der Waals surface area contributed by atoms with Crippen LogP contribution in [-0.2, 0) is 0 Å². The van der Waals surface area contributed by atoms with Crippen molar-refractivity contribution in [3.8, 4) is 5.75 Å². The number of amides is 1. The Kier molecular flexibility index (Phi) is 4.23. The molecule has 0 spiro atoms. The maximum Gasteiger partial charge on any atom is 0.335 e. The lowest BCUT2D eigenvalue weighted by Crippen LogP contribution is -2.13. The number of aromatic carboxylic acids is 1. The van der Waals surface area contributed by atoms with E-state index in [0.717, 1.165) is 12.1 Å². The first-order valence-corrected chi connectivity index (χ1v) is 6.50. The van der Waals surface area contributed by atoms with Gasteiger partial charge in [-0.1, -0.05) is 15.9 Å². The second-order valence-electron chi connectivity index (χ2n) is 4.12. The summed E-state index contributed by atoms with van der Waals surface area (Å²) in [5, 5.41) is 20.7. The number of anilines is 1. The van der Waals surface area contributed by atoms with Crippen LogP contribution >= 0.6 is 15.9 Å². The third kappa shape index (κ3) is 3.38. The standard InChI is InChI=1S/C14H9BrFNO4/c15-8-2-3-9(12(18)6-8)13(19)17-11-4-1-7(14(20)21)5-10(11)16/h1-6,18H,(H,17,19)(H,20,21). The van der Waals surface area contributed by atoms with Crippen molar-refractivity contribution in [3.63, 3.8) is 0 Å². The van der Waals surface area contributed by atoms with Crippen LogP contribution in [0.1, 0.15) is 20.7 Å². The summed E-state index contributed by atoms with van der Waals surface area (Å²) in [6.07, 6.45) is 0. The maximum atomic E-state index is 13.7. The summed E-state index contributed by atoms with van der Waals surface area (Å²) in [7, 11) is 0. The van der Waals surface area contributed by atoms with Gasteiger partial charge in [-0.2, -0.15) is 0 Å². The second kappa shape index (κ2) is 5.92. The molecule has 1 amide bonds. The lowest BCUT2D eigenvalue weighted by molar-refractivity contribution is 0.0696. The summed E-state index contributed by atoms with van der Waals surface area (Å²) in [5.74, 6) is -3.11. The van der Waals surface area contributed by atoms with E-state index in [0.29, 0.717) is 4.47 Å². The van der Waals surface area contributed by atoms with Crippen LogP contribution in [0.4, 0.5) is 10.1 Å². The van der Waals surface area contributed by atoms with Crippen molar-refractivity contribution >= 4 is 33.5 Å². The van der Waals surface area contributed by atoms with Crippen LogP contribution in [0.2, 0.25) is 0 Å². The first-order chi connectivity index (χ1) is 9.88. The third-order valence-electron chi connectivity index (χ3n) is 2.67. The fraction of sp³-hybridized carbons (Fsp3) is 0. The number of nitrogens with one attached hydrogen (secondary N) is 1. The number of hydrogen-bond donors (Lipinski definition) is 3. The fourth-order valence-electron chi connectivity index (χ4n) is 1.64. The number of benzene rings is 2. The van der Waals surface area contributed by atoms with Gasteiger partial charge in [0, 0.05) is 4.47 Å². The lowest BCUT2D eigenvalue weighted by atomic mass is 10.1. The van der Waals surface area contributed by atoms with Crippen molar-refractivity contribution in [1.82, 2.24) is 0 Å².